The Kier molecular flexibility index (Phi) is 5.21. The summed E-state index contributed by atoms with van der Waals surface area (Å²) in [4.78, 5) is 0. The Morgan fingerprint density at radius 1 is 0.750 bits per heavy atom. The zero-order valence-corrected chi connectivity index (χ0v) is 16.6. The van der Waals surface area contributed by atoms with Crippen LogP contribution in [0.1, 0.15) is 24.0 Å². The average Bonchev–Trinajstić information content (AvgIpc) is 2.42. The van der Waals surface area contributed by atoms with Crippen LogP contribution in [0.5, 0.6) is 11.5 Å². The smallest absolute Gasteiger partial charge is 0.144 e. The van der Waals surface area contributed by atoms with Crippen LogP contribution in [0.2, 0.25) is 0 Å². The van der Waals surface area contributed by atoms with Gasteiger partial charge < -0.3 is 10.2 Å². The van der Waals surface area contributed by atoms with Crippen LogP contribution >= 0.6 is 63.7 Å². The summed E-state index contributed by atoms with van der Waals surface area (Å²) in [5.41, 5.74) is 1.88. The quantitative estimate of drug-likeness (QED) is 0.479. The van der Waals surface area contributed by atoms with Crippen molar-refractivity contribution >= 4 is 63.7 Å². The first-order valence-corrected chi connectivity index (χ1v) is 8.85. The second-order valence-corrected chi connectivity index (χ2v) is 7.61. The summed E-state index contributed by atoms with van der Waals surface area (Å²) in [6, 6.07) is 7.48. The van der Waals surface area contributed by atoms with Crippen molar-refractivity contribution in [1.29, 1.82) is 0 Å². The van der Waals surface area contributed by atoms with Crippen molar-refractivity contribution < 1.29 is 10.2 Å². The van der Waals surface area contributed by atoms with Gasteiger partial charge in [0, 0.05) is 5.92 Å². The largest absolute Gasteiger partial charge is 0.506 e. The van der Waals surface area contributed by atoms with Crippen LogP contribution in [0.15, 0.2) is 42.2 Å². The maximum Gasteiger partial charge on any atom is 0.144 e. The van der Waals surface area contributed by atoms with E-state index in [0.29, 0.717) is 17.9 Å². The lowest BCUT2D eigenvalue weighted by atomic mass is 9.93. The number of benzene rings is 2. The lowest BCUT2D eigenvalue weighted by Gasteiger charge is -2.18. The van der Waals surface area contributed by atoms with E-state index in [2.05, 4.69) is 63.7 Å². The van der Waals surface area contributed by atoms with E-state index in [1.165, 1.54) is 0 Å². The molecule has 106 valence electrons. The fourth-order valence-corrected chi connectivity index (χ4v) is 4.52. The topological polar surface area (TPSA) is 40.5 Å². The molecule has 2 rings (SSSR count). The Bertz CT molecular complexity index is 613. The average molecular weight is 530 g/mol. The minimum Gasteiger partial charge on any atom is -0.506 e. The number of hydrogen-bond donors (Lipinski definition) is 2. The third-order valence-corrected chi connectivity index (χ3v) is 6.07. The monoisotopic (exact) mass is 526 g/mol. The van der Waals surface area contributed by atoms with Gasteiger partial charge in [-0.1, -0.05) is 19.1 Å². The lowest BCUT2D eigenvalue weighted by molar-refractivity contribution is 0.466. The molecule has 0 aliphatic heterocycles. The molecule has 2 N–H and O–H groups in total. The highest BCUT2D eigenvalue weighted by atomic mass is 79.9. The fraction of sp³-hybridized carbons (Fsp3) is 0.143. The van der Waals surface area contributed by atoms with Gasteiger partial charge in [-0.05, 0) is 87.0 Å². The zero-order chi connectivity index (χ0) is 15.0. The second-order valence-electron chi connectivity index (χ2n) is 4.32. The molecule has 0 radical (unpaired) electrons. The van der Waals surface area contributed by atoms with E-state index in [0.717, 1.165) is 11.1 Å². The zero-order valence-electron chi connectivity index (χ0n) is 10.3. The molecule has 2 nitrogen and oxygen atoms in total. The molecular formula is C14H10Br4O2. The van der Waals surface area contributed by atoms with Gasteiger partial charge in [0.2, 0.25) is 0 Å². The first-order valence-electron chi connectivity index (χ1n) is 5.68. The Morgan fingerprint density at radius 2 is 1.10 bits per heavy atom. The van der Waals surface area contributed by atoms with Gasteiger partial charge in [-0.25, -0.2) is 0 Å². The minimum atomic E-state index is -0.00301. The summed E-state index contributed by atoms with van der Waals surface area (Å²) in [7, 11) is 0. The van der Waals surface area contributed by atoms with Crippen LogP contribution in [-0.4, -0.2) is 10.2 Å². The van der Waals surface area contributed by atoms with Gasteiger partial charge in [-0.15, -0.1) is 0 Å². The predicted molar refractivity (Wildman–Crippen MR) is 94.5 cm³/mol. The second kappa shape index (κ2) is 6.38. The Labute approximate surface area is 150 Å². The molecule has 20 heavy (non-hydrogen) atoms. The van der Waals surface area contributed by atoms with Gasteiger partial charge in [0.05, 0.1) is 17.9 Å². The predicted octanol–water partition coefficient (Wildman–Crippen LogP) is 6.30. The van der Waals surface area contributed by atoms with E-state index in [-0.39, 0.29) is 17.4 Å². The number of halogens is 4. The van der Waals surface area contributed by atoms with Crippen LogP contribution < -0.4 is 0 Å². The van der Waals surface area contributed by atoms with Crippen molar-refractivity contribution in [2.45, 2.75) is 12.8 Å². The van der Waals surface area contributed by atoms with Gasteiger partial charge in [-0.2, -0.15) is 0 Å². The van der Waals surface area contributed by atoms with Crippen LogP contribution in [-0.2, 0) is 0 Å². The van der Waals surface area contributed by atoms with E-state index >= 15 is 0 Å². The Morgan fingerprint density at radius 3 is 1.45 bits per heavy atom. The summed E-state index contributed by atoms with van der Waals surface area (Å²) >= 11 is 13.4. The maximum absolute atomic E-state index is 9.99. The number of hydrogen-bond acceptors (Lipinski definition) is 2. The summed E-state index contributed by atoms with van der Waals surface area (Å²) < 4.78 is 2.57. The fourth-order valence-electron chi connectivity index (χ4n) is 1.95. The molecule has 0 fully saturated rings. The van der Waals surface area contributed by atoms with Crippen molar-refractivity contribution in [2.75, 3.05) is 0 Å². The van der Waals surface area contributed by atoms with Crippen molar-refractivity contribution in [3.63, 3.8) is 0 Å². The molecule has 0 aromatic heterocycles. The molecule has 0 unspecified atom stereocenters. The molecule has 0 spiro atoms. The summed E-state index contributed by atoms with van der Waals surface area (Å²) in [5.74, 6) is 0.343. The number of phenolic OH excluding ortho intramolecular Hbond substituents is 2. The minimum absolute atomic E-state index is 0.00301. The van der Waals surface area contributed by atoms with E-state index in [9.17, 15) is 10.2 Å². The Hall–Kier alpha value is -0.0400. The first-order chi connectivity index (χ1) is 9.34. The van der Waals surface area contributed by atoms with E-state index in [1.807, 2.05) is 19.1 Å². The van der Waals surface area contributed by atoms with E-state index < -0.39 is 0 Å². The van der Waals surface area contributed by atoms with Crippen molar-refractivity contribution in [3.8, 4) is 11.5 Å². The van der Waals surface area contributed by atoms with Crippen molar-refractivity contribution in [2.24, 2.45) is 0 Å². The SMILES string of the molecule is CC(c1ccc(Br)c(O)c1Br)c1ccc(Br)c(O)c1Br. The molecule has 2 aromatic carbocycles. The molecule has 0 amide bonds. The molecule has 0 saturated carbocycles. The van der Waals surface area contributed by atoms with Crippen LogP contribution in [0.3, 0.4) is 0 Å². The molecule has 0 heterocycles. The summed E-state index contributed by atoms with van der Waals surface area (Å²) in [6.07, 6.45) is 0. The van der Waals surface area contributed by atoms with Crippen LogP contribution in [0.4, 0.5) is 0 Å². The van der Waals surface area contributed by atoms with E-state index in [4.69, 9.17) is 0 Å². The third-order valence-electron chi connectivity index (χ3n) is 3.13. The number of phenols is 2. The molecule has 0 aliphatic carbocycles. The number of rotatable bonds is 2. The Balaban J connectivity index is 2.55. The highest BCUT2D eigenvalue weighted by molar-refractivity contribution is 9.11. The van der Waals surface area contributed by atoms with Gasteiger partial charge >= 0.3 is 0 Å². The number of aromatic hydroxyl groups is 2. The van der Waals surface area contributed by atoms with Crippen LogP contribution in [0, 0.1) is 0 Å². The van der Waals surface area contributed by atoms with Gasteiger partial charge in [0.15, 0.2) is 0 Å². The third kappa shape index (κ3) is 2.93. The van der Waals surface area contributed by atoms with Gasteiger partial charge in [0.25, 0.3) is 0 Å². The normalized spacial score (nSPS) is 11.1. The standard InChI is InChI=1S/C14H10Br4O2/c1-6(7-2-4-9(15)13(19)11(7)17)8-3-5-10(16)14(20)12(8)18/h2-6,19-20H,1H3. The molecular weight excluding hydrogens is 520 g/mol. The molecule has 2 aromatic rings. The first kappa shape index (κ1) is 16.3. The molecule has 0 bridgehead atoms. The summed E-state index contributed by atoms with van der Waals surface area (Å²) in [6.45, 7) is 2.01. The highest BCUT2D eigenvalue weighted by Crippen LogP contribution is 2.44. The molecule has 0 atom stereocenters. The van der Waals surface area contributed by atoms with Crippen molar-refractivity contribution in [3.05, 3.63) is 53.3 Å². The van der Waals surface area contributed by atoms with Gasteiger partial charge in [0.1, 0.15) is 11.5 Å². The molecule has 0 saturated heterocycles. The molecule has 0 aliphatic rings. The molecule has 6 heteroatoms. The van der Waals surface area contributed by atoms with E-state index in [1.54, 1.807) is 12.1 Å². The van der Waals surface area contributed by atoms with Crippen molar-refractivity contribution in [1.82, 2.24) is 0 Å². The highest BCUT2D eigenvalue weighted by Gasteiger charge is 2.20. The summed E-state index contributed by atoms with van der Waals surface area (Å²) in [5, 5.41) is 20.0. The lowest BCUT2D eigenvalue weighted by Crippen LogP contribution is -1.99. The van der Waals surface area contributed by atoms with Crippen LogP contribution in [0.25, 0.3) is 0 Å². The maximum atomic E-state index is 9.99. The van der Waals surface area contributed by atoms with Gasteiger partial charge in [-0.3, -0.25) is 0 Å².